The van der Waals surface area contributed by atoms with E-state index in [1.165, 1.54) is 4.68 Å². The molecule has 0 spiro atoms. The van der Waals surface area contributed by atoms with Gasteiger partial charge in [0.2, 0.25) is 0 Å². The van der Waals surface area contributed by atoms with E-state index >= 15 is 0 Å². The molecule has 0 aliphatic heterocycles. The first-order valence-electron chi connectivity index (χ1n) is 4.12. The molecule has 0 saturated heterocycles. The number of hydrogen-bond acceptors (Lipinski definition) is 3. The standard InChI is InChI=1S/C8H9FN4O/c1-4-10-7-6(8(14)11-4)5(3-9)12-13(7)2/h3H2,1-2H3,(H,10,11,14). The summed E-state index contributed by atoms with van der Waals surface area (Å²) in [4.78, 5) is 18.1. The molecule has 0 amide bonds. The quantitative estimate of drug-likeness (QED) is 0.719. The van der Waals surface area contributed by atoms with E-state index in [1.54, 1.807) is 14.0 Å². The summed E-state index contributed by atoms with van der Waals surface area (Å²) < 4.78 is 13.9. The molecule has 5 nitrogen and oxygen atoms in total. The van der Waals surface area contributed by atoms with Crippen LogP contribution in [0.25, 0.3) is 11.0 Å². The van der Waals surface area contributed by atoms with Crippen molar-refractivity contribution in [2.24, 2.45) is 7.05 Å². The van der Waals surface area contributed by atoms with Crippen molar-refractivity contribution in [2.45, 2.75) is 13.6 Å². The number of H-pyrrole nitrogens is 1. The minimum Gasteiger partial charge on any atom is -0.310 e. The second-order valence-electron chi connectivity index (χ2n) is 3.05. The summed E-state index contributed by atoms with van der Waals surface area (Å²) in [7, 11) is 1.63. The maximum Gasteiger partial charge on any atom is 0.262 e. The lowest BCUT2D eigenvalue weighted by molar-refractivity contribution is 0.473. The Labute approximate surface area is 78.6 Å². The van der Waals surface area contributed by atoms with Crippen LogP contribution in [0.4, 0.5) is 4.39 Å². The minimum atomic E-state index is -0.759. The smallest absolute Gasteiger partial charge is 0.262 e. The third kappa shape index (κ3) is 1.11. The van der Waals surface area contributed by atoms with E-state index in [0.717, 1.165) is 0 Å². The highest BCUT2D eigenvalue weighted by atomic mass is 19.1. The summed E-state index contributed by atoms with van der Waals surface area (Å²) in [6.07, 6.45) is 0. The van der Waals surface area contributed by atoms with Gasteiger partial charge in [-0.25, -0.2) is 14.1 Å². The summed E-state index contributed by atoms with van der Waals surface area (Å²) in [6, 6.07) is 0. The maximum absolute atomic E-state index is 12.5. The Hall–Kier alpha value is -1.72. The third-order valence-corrected chi connectivity index (χ3v) is 2.01. The Kier molecular flexibility index (Phi) is 1.83. The number of nitrogens with one attached hydrogen (secondary N) is 1. The largest absolute Gasteiger partial charge is 0.310 e. The third-order valence-electron chi connectivity index (χ3n) is 2.01. The Balaban J connectivity index is 2.97. The van der Waals surface area contributed by atoms with Crippen LogP contribution in [-0.4, -0.2) is 19.7 Å². The van der Waals surface area contributed by atoms with Crippen LogP contribution in [0.5, 0.6) is 0 Å². The van der Waals surface area contributed by atoms with E-state index in [9.17, 15) is 9.18 Å². The van der Waals surface area contributed by atoms with Crippen molar-refractivity contribution in [2.75, 3.05) is 0 Å². The molecule has 6 heteroatoms. The van der Waals surface area contributed by atoms with Crippen molar-refractivity contribution < 1.29 is 4.39 Å². The lowest BCUT2D eigenvalue weighted by Gasteiger charge is -1.94. The average Bonchev–Trinajstić information content (AvgIpc) is 2.43. The van der Waals surface area contributed by atoms with Crippen LogP contribution in [0.15, 0.2) is 4.79 Å². The average molecular weight is 196 g/mol. The molecule has 0 saturated carbocycles. The lowest BCUT2D eigenvalue weighted by atomic mass is 10.3. The van der Waals surface area contributed by atoms with E-state index in [2.05, 4.69) is 15.1 Å². The van der Waals surface area contributed by atoms with Crippen LogP contribution >= 0.6 is 0 Å². The van der Waals surface area contributed by atoms with E-state index < -0.39 is 6.67 Å². The topological polar surface area (TPSA) is 63.6 Å². The van der Waals surface area contributed by atoms with Gasteiger partial charge in [-0.05, 0) is 6.92 Å². The van der Waals surface area contributed by atoms with Crippen LogP contribution in [0.3, 0.4) is 0 Å². The molecule has 2 rings (SSSR count). The molecule has 0 radical (unpaired) electrons. The van der Waals surface area contributed by atoms with Gasteiger partial charge in [-0.1, -0.05) is 0 Å². The molecule has 0 unspecified atom stereocenters. The Morgan fingerprint density at radius 2 is 2.29 bits per heavy atom. The summed E-state index contributed by atoms with van der Waals surface area (Å²) in [5.41, 5.74) is 0.211. The highest BCUT2D eigenvalue weighted by molar-refractivity contribution is 5.76. The predicted molar refractivity (Wildman–Crippen MR) is 48.7 cm³/mol. The van der Waals surface area contributed by atoms with Gasteiger partial charge in [0.1, 0.15) is 23.6 Å². The van der Waals surface area contributed by atoms with Gasteiger partial charge in [0.15, 0.2) is 5.65 Å². The number of hydrogen-bond donors (Lipinski definition) is 1. The fourth-order valence-electron chi connectivity index (χ4n) is 1.44. The predicted octanol–water partition coefficient (Wildman–Crippen LogP) is 0.435. The van der Waals surface area contributed by atoms with Crippen molar-refractivity contribution in [3.63, 3.8) is 0 Å². The fourth-order valence-corrected chi connectivity index (χ4v) is 1.44. The Morgan fingerprint density at radius 1 is 1.57 bits per heavy atom. The summed E-state index contributed by atoms with van der Waals surface area (Å²) in [6.45, 7) is 0.911. The molecule has 0 aliphatic carbocycles. The number of rotatable bonds is 1. The molecule has 2 aromatic rings. The van der Waals surface area contributed by atoms with Crippen LogP contribution in [0, 0.1) is 6.92 Å². The van der Waals surface area contributed by atoms with Crippen LogP contribution in [0.1, 0.15) is 11.5 Å². The molecule has 74 valence electrons. The normalized spacial score (nSPS) is 11.1. The first-order valence-corrected chi connectivity index (χ1v) is 4.12. The Morgan fingerprint density at radius 3 is 2.93 bits per heavy atom. The Bertz CT molecular complexity index is 542. The summed E-state index contributed by atoms with van der Waals surface area (Å²) in [5, 5.41) is 4.11. The van der Waals surface area contributed by atoms with E-state index in [4.69, 9.17) is 0 Å². The van der Waals surface area contributed by atoms with Gasteiger partial charge in [0, 0.05) is 7.05 Å². The van der Waals surface area contributed by atoms with Crippen molar-refractivity contribution in [1.82, 2.24) is 19.7 Å². The van der Waals surface area contributed by atoms with Gasteiger partial charge in [0.05, 0.1) is 0 Å². The fraction of sp³-hybridized carbons (Fsp3) is 0.375. The number of nitrogens with zero attached hydrogens (tertiary/aromatic N) is 3. The highest BCUT2D eigenvalue weighted by Crippen LogP contribution is 2.11. The number of aromatic nitrogens is 4. The van der Waals surface area contributed by atoms with E-state index in [1.807, 2.05) is 0 Å². The van der Waals surface area contributed by atoms with Gasteiger partial charge < -0.3 is 4.98 Å². The van der Waals surface area contributed by atoms with Gasteiger partial charge in [-0.3, -0.25) is 4.79 Å². The van der Waals surface area contributed by atoms with E-state index in [0.29, 0.717) is 11.5 Å². The van der Waals surface area contributed by atoms with Gasteiger partial charge in [0.25, 0.3) is 5.56 Å². The van der Waals surface area contributed by atoms with Crippen molar-refractivity contribution in [3.8, 4) is 0 Å². The second-order valence-corrected chi connectivity index (χ2v) is 3.05. The zero-order valence-corrected chi connectivity index (χ0v) is 7.83. The number of aryl methyl sites for hydroxylation is 2. The SMILES string of the molecule is Cc1nc2c(c(CF)nn2C)c(=O)[nH]1. The van der Waals surface area contributed by atoms with Gasteiger partial charge in [-0.15, -0.1) is 0 Å². The molecular formula is C8H9FN4O. The van der Waals surface area contributed by atoms with Crippen molar-refractivity contribution in [1.29, 1.82) is 0 Å². The first kappa shape index (κ1) is 8.86. The molecule has 0 bridgehead atoms. The van der Waals surface area contributed by atoms with Gasteiger partial charge >= 0.3 is 0 Å². The maximum atomic E-state index is 12.5. The molecule has 2 heterocycles. The molecule has 0 atom stereocenters. The highest BCUT2D eigenvalue weighted by Gasteiger charge is 2.13. The molecule has 0 fully saturated rings. The lowest BCUT2D eigenvalue weighted by Crippen LogP contribution is -2.10. The molecule has 2 aromatic heterocycles. The number of halogens is 1. The minimum absolute atomic E-state index is 0.135. The molecule has 0 aromatic carbocycles. The van der Waals surface area contributed by atoms with E-state index in [-0.39, 0.29) is 16.6 Å². The molecule has 14 heavy (non-hydrogen) atoms. The number of alkyl halides is 1. The van der Waals surface area contributed by atoms with Crippen molar-refractivity contribution in [3.05, 3.63) is 21.9 Å². The zero-order chi connectivity index (χ0) is 10.3. The van der Waals surface area contributed by atoms with Crippen LogP contribution < -0.4 is 5.56 Å². The number of aromatic amines is 1. The summed E-state index contributed by atoms with van der Waals surface area (Å²) in [5.74, 6) is 0.496. The monoisotopic (exact) mass is 196 g/mol. The van der Waals surface area contributed by atoms with Crippen LogP contribution in [0.2, 0.25) is 0 Å². The number of fused-ring (bicyclic) bond motifs is 1. The van der Waals surface area contributed by atoms with Crippen molar-refractivity contribution >= 4 is 11.0 Å². The second kappa shape index (κ2) is 2.90. The summed E-state index contributed by atoms with van der Waals surface area (Å²) >= 11 is 0. The molecular weight excluding hydrogens is 187 g/mol. The zero-order valence-electron chi connectivity index (χ0n) is 7.83. The van der Waals surface area contributed by atoms with Gasteiger partial charge in [-0.2, -0.15) is 5.10 Å². The molecule has 1 N–H and O–H groups in total. The molecule has 0 aliphatic rings. The first-order chi connectivity index (χ1) is 6.63. The van der Waals surface area contributed by atoms with Crippen LogP contribution in [-0.2, 0) is 13.7 Å².